The Kier molecular flexibility index (Phi) is 6.02. The Morgan fingerprint density at radius 2 is 1.78 bits per heavy atom. The van der Waals surface area contributed by atoms with Crippen LogP contribution in [-0.2, 0) is 0 Å². The SMILES string of the molecule is Cc1ccc(-c2cc(C(=O)N[C@H](C)c3cnccn3)cc(-n3nnnc3C(C)C)c2)cc1. The van der Waals surface area contributed by atoms with E-state index in [4.69, 9.17) is 0 Å². The molecule has 0 fully saturated rings. The van der Waals surface area contributed by atoms with Gasteiger partial charge in [-0.2, -0.15) is 4.68 Å². The summed E-state index contributed by atoms with van der Waals surface area (Å²) in [6.45, 7) is 7.98. The molecule has 4 rings (SSSR count). The molecule has 0 radical (unpaired) electrons. The van der Waals surface area contributed by atoms with E-state index in [-0.39, 0.29) is 17.9 Å². The zero-order valence-electron chi connectivity index (χ0n) is 18.5. The number of nitrogens with zero attached hydrogens (tertiary/aromatic N) is 6. The van der Waals surface area contributed by atoms with Crippen molar-refractivity contribution in [2.75, 3.05) is 0 Å². The summed E-state index contributed by atoms with van der Waals surface area (Å²) in [4.78, 5) is 21.5. The Labute approximate surface area is 186 Å². The zero-order valence-corrected chi connectivity index (χ0v) is 18.5. The average Bonchev–Trinajstić information content (AvgIpc) is 3.30. The highest BCUT2D eigenvalue weighted by molar-refractivity contribution is 5.96. The van der Waals surface area contributed by atoms with Crippen LogP contribution in [0.5, 0.6) is 0 Å². The third kappa shape index (κ3) is 4.54. The summed E-state index contributed by atoms with van der Waals surface area (Å²) in [5, 5.41) is 15.2. The van der Waals surface area contributed by atoms with E-state index >= 15 is 0 Å². The number of aryl methyl sites for hydroxylation is 1. The second-order valence-electron chi connectivity index (χ2n) is 8.06. The Morgan fingerprint density at radius 1 is 1.00 bits per heavy atom. The van der Waals surface area contributed by atoms with E-state index < -0.39 is 0 Å². The van der Waals surface area contributed by atoms with Crippen molar-refractivity contribution >= 4 is 5.91 Å². The van der Waals surface area contributed by atoms with Gasteiger partial charge in [0.25, 0.3) is 5.91 Å². The van der Waals surface area contributed by atoms with Gasteiger partial charge in [0.15, 0.2) is 5.82 Å². The molecule has 0 aliphatic heterocycles. The molecule has 0 bridgehead atoms. The van der Waals surface area contributed by atoms with Crippen molar-refractivity contribution in [3.63, 3.8) is 0 Å². The predicted molar refractivity (Wildman–Crippen MR) is 121 cm³/mol. The first-order valence-electron chi connectivity index (χ1n) is 10.5. The van der Waals surface area contributed by atoms with Crippen LogP contribution in [0, 0.1) is 6.92 Å². The number of nitrogens with one attached hydrogen (secondary N) is 1. The van der Waals surface area contributed by atoms with Crippen LogP contribution in [0.1, 0.15) is 60.2 Å². The van der Waals surface area contributed by atoms with Crippen LogP contribution < -0.4 is 5.32 Å². The van der Waals surface area contributed by atoms with E-state index in [1.165, 1.54) is 5.56 Å². The van der Waals surface area contributed by atoms with Gasteiger partial charge < -0.3 is 5.32 Å². The lowest BCUT2D eigenvalue weighted by Crippen LogP contribution is -2.27. The quantitative estimate of drug-likeness (QED) is 0.499. The van der Waals surface area contributed by atoms with Gasteiger partial charge in [-0.05, 0) is 53.6 Å². The fraction of sp³-hybridized carbons (Fsp3) is 0.250. The molecule has 8 nitrogen and oxygen atoms in total. The van der Waals surface area contributed by atoms with Crippen molar-refractivity contribution in [1.82, 2.24) is 35.5 Å². The summed E-state index contributed by atoms with van der Waals surface area (Å²) in [7, 11) is 0. The fourth-order valence-corrected chi connectivity index (χ4v) is 3.40. The van der Waals surface area contributed by atoms with Crippen LogP contribution in [-0.4, -0.2) is 36.1 Å². The molecule has 1 atom stereocenters. The largest absolute Gasteiger partial charge is 0.344 e. The maximum atomic E-state index is 13.2. The Hall–Kier alpha value is -3.94. The van der Waals surface area contributed by atoms with Crippen LogP contribution >= 0.6 is 0 Å². The van der Waals surface area contributed by atoms with Gasteiger partial charge >= 0.3 is 0 Å². The molecule has 1 N–H and O–H groups in total. The first-order chi connectivity index (χ1) is 15.4. The van der Waals surface area contributed by atoms with Crippen LogP contribution in [0.15, 0.2) is 61.1 Å². The highest BCUT2D eigenvalue weighted by Crippen LogP contribution is 2.26. The van der Waals surface area contributed by atoms with Crippen molar-refractivity contribution in [3.05, 3.63) is 83.7 Å². The van der Waals surface area contributed by atoms with Crippen LogP contribution in [0.3, 0.4) is 0 Å². The Balaban J connectivity index is 1.75. The Morgan fingerprint density at radius 3 is 2.47 bits per heavy atom. The van der Waals surface area contributed by atoms with Gasteiger partial charge in [-0.15, -0.1) is 5.10 Å². The number of aromatic nitrogens is 6. The van der Waals surface area contributed by atoms with Gasteiger partial charge in [0, 0.05) is 23.9 Å². The summed E-state index contributed by atoms with van der Waals surface area (Å²) < 4.78 is 1.69. The molecule has 0 aliphatic rings. The lowest BCUT2D eigenvalue weighted by atomic mass is 10.00. The second-order valence-corrected chi connectivity index (χ2v) is 8.06. The van der Waals surface area contributed by atoms with Gasteiger partial charge in [-0.1, -0.05) is 43.7 Å². The number of amides is 1. The molecule has 1 amide bonds. The maximum Gasteiger partial charge on any atom is 0.251 e. The highest BCUT2D eigenvalue weighted by atomic mass is 16.1. The van der Waals surface area contributed by atoms with Crippen molar-refractivity contribution in [2.45, 2.75) is 39.7 Å². The molecule has 0 aliphatic carbocycles. The average molecular weight is 428 g/mol. The number of hydrogen-bond acceptors (Lipinski definition) is 6. The van der Waals surface area contributed by atoms with E-state index in [2.05, 4.69) is 42.9 Å². The Bertz CT molecular complexity index is 1220. The van der Waals surface area contributed by atoms with Crippen molar-refractivity contribution in [3.8, 4) is 16.8 Å². The van der Waals surface area contributed by atoms with Crippen LogP contribution in [0.25, 0.3) is 16.8 Å². The standard InChI is InChI=1S/C24H25N7O/c1-15(2)23-28-29-30-31(23)21-12-19(18-7-5-16(3)6-8-18)11-20(13-21)24(32)27-17(4)22-14-25-9-10-26-22/h5-15,17H,1-4H3,(H,27,32)/t17-/m1/s1. The maximum absolute atomic E-state index is 13.2. The smallest absolute Gasteiger partial charge is 0.251 e. The third-order valence-electron chi connectivity index (χ3n) is 5.19. The molecular formula is C24H25N7O. The fourth-order valence-electron chi connectivity index (χ4n) is 3.40. The van der Waals surface area contributed by atoms with Gasteiger partial charge in [0.05, 0.1) is 23.6 Å². The van der Waals surface area contributed by atoms with Crippen molar-refractivity contribution in [2.24, 2.45) is 0 Å². The lowest BCUT2D eigenvalue weighted by Gasteiger charge is -2.15. The monoisotopic (exact) mass is 427 g/mol. The number of carbonyl (C=O) groups excluding carboxylic acids is 1. The summed E-state index contributed by atoms with van der Waals surface area (Å²) in [6.07, 6.45) is 4.86. The van der Waals surface area contributed by atoms with Gasteiger partial charge in [-0.3, -0.25) is 14.8 Å². The number of hydrogen-bond donors (Lipinski definition) is 1. The minimum absolute atomic E-state index is 0.127. The van der Waals surface area contributed by atoms with Crippen LogP contribution in [0.4, 0.5) is 0 Å². The molecule has 2 aromatic carbocycles. The molecule has 0 saturated carbocycles. The topological polar surface area (TPSA) is 98.5 Å². The second kappa shape index (κ2) is 9.05. The van der Waals surface area contributed by atoms with Crippen molar-refractivity contribution < 1.29 is 4.79 Å². The molecular weight excluding hydrogens is 402 g/mol. The predicted octanol–water partition coefficient (Wildman–Crippen LogP) is 4.04. The van der Waals surface area contributed by atoms with Crippen LogP contribution in [0.2, 0.25) is 0 Å². The molecule has 32 heavy (non-hydrogen) atoms. The van der Waals surface area contributed by atoms with Gasteiger partial charge in [0.2, 0.25) is 0 Å². The van der Waals surface area contributed by atoms with E-state index in [0.717, 1.165) is 22.6 Å². The van der Waals surface area contributed by atoms with E-state index in [1.54, 1.807) is 29.3 Å². The first kappa shape index (κ1) is 21.3. The third-order valence-corrected chi connectivity index (χ3v) is 5.19. The number of tetrazole rings is 1. The molecule has 2 aromatic heterocycles. The summed E-state index contributed by atoms with van der Waals surface area (Å²) in [5.74, 6) is 0.643. The highest BCUT2D eigenvalue weighted by Gasteiger charge is 2.18. The molecule has 0 spiro atoms. The number of benzene rings is 2. The summed E-state index contributed by atoms with van der Waals surface area (Å²) in [6, 6.07) is 13.6. The molecule has 2 heterocycles. The van der Waals surface area contributed by atoms with E-state index in [9.17, 15) is 4.79 Å². The summed E-state index contributed by atoms with van der Waals surface area (Å²) in [5.41, 5.74) is 5.02. The minimum Gasteiger partial charge on any atom is -0.344 e. The molecule has 4 aromatic rings. The van der Waals surface area contributed by atoms with Crippen molar-refractivity contribution in [1.29, 1.82) is 0 Å². The molecule has 0 unspecified atom stereocenters. The minimum atomic E-state index is -0.290. The number of rotatable bonds is 6. The summed E-state index contributed by atoms with van der Waals surface area (Å²) >= 11 is 0. The molecule has 0 saturated heterocycles. The van der Waals surface area contributed by atoms with E-state index in [1.807, 2.05) is 52.0 Å². The molecule has 8 heteroatoms. The zero-order chi connectivity index (χ0) is 22.7. The van der Waals surface area contributed by atoms with Gasteiger partial charge in [0.1, 0.15) is 0 Å². The number of carbonyl (C=O) groups is 1. The van der Waals surface area contributed by atoms with Gasteiger partial charge in [-0.25, -0.2) is 0 Å². The molecule has 162 valence electrons. The first-order valence-corrected chi connectivity index (χ1v) is 10.5. The lowest BCUT2D eigenvalue weighted by molar-refractivity contribution is 0.0939. The van der Waals surface area contributed by atoms with E-state index in [0.29, 0.717) is 11.3 Å². The normalized spacial score (nSPS) is 12.0.